The molecule has 3 aliphatic rings. The van der Waals surface area contributed by atoms with Gasteiger partial charge in [-0.05, 0) is 37.0 Å². The molecule has 1 aliphatic carbocycles. The maximum absolute atomic E-state index is 13.0. The summed E-state index contributed by atoms with van der Waals surface area (Å²) in [7, 11) is 3.94. The van der Waals surface area contributed by atoms with Crippen molar-refractivity contribution in [3.63, 3.8) is 0 Å². The standard InChI is InChI=1S/C24H24N6O3/c1-28-11-16(10-25-28)21-20(27-22(29(21)2)13-3-4-13)14-5-6-17-15(9-14)12-30(24(17)33)18-7-8-19(31)26-23(18)32/h5-6,9-11,13,18H,3-4,7-8,12H2,1-2H3,(H,26,31,32). The summed E-state index contributed by atoms with van der Waals surface area (Å²) in [6.07, 6.45) is 6.73. The summed E-state index contributed by atoms with van der Waals surface area (Å²) in [5.74, 6) is 0.708. The van der Waals surface area contributed by atoms with E-state index in [0.717, 1.165) is 46.7 Å². The Kier molecular flexibility index (Phi) is 4.30. The third kappa shape index (κ3) is 3.18. The molecule has 1 saturated heterocycles. The molecule has 168 valence electrons. The van der Waals surface area contributed by atoms with E-state index in [4.69, 9.17) is 4.98 Å². The number of nitrogens with zero attached hydrogens (tertiary/aromatic N) is 5. The van der Waals surface area contributed by atoms with Crippen molar-refractivity contribution in [3.05, 3.63) is 47.5 Å². The molecule has 2 aliphatic heterocycles. The lowest BCUT2D eigenvalue weighted by Gasteiger charge is -2.29. The van der Waals surface area contributed by atoms with Crippen LogP contribution in [-0.4, -0.2) is 48.0 Å². The number of rotatable bonds is 4. The molecule has 2 fully saturated rings. The fourth-order valence-electron chi connectivity index (χ4n) is 5.02. The van der Waals surface area contributed by atoms with Gasteiger partial charge in [-0.3, -0.25) is 24.4 Å². The molecule has 1 atom stereocenters. The van der Waals surface area contributed by atoms with Gasteiger partial charge in [0.25, 0.3) is 5.91 Å². The molecule has 1 unspecified atom stereocenters. The van der Waals surface area contributed by atoms with E-state index in [9.17, 15) is 14.4 Å². The number of fused-ring (bicyclic) bond motifs is 1. The Morgan fingerprint density at radius 1 is 1.06 bits per heavy atom. The molecule has 0 radical (unpaired) electrons. The van der Waals surface area contributed by atoms with E-state index >= 15 is 0 Å². The second kappa shape index (κ2) is 7.13. The topological polar surface area (TPSA) is 102 Å². The number of aromatic nitrogens is 4. The van der Waals surface area contributed by atoms with Crippen LogP contribution in [0.25, 0.3) is 22.5 Å². The van der Waals surface area contributed by atoms with Crippen LogP contribution >= 0.6 is 0 Å². The molecule has 4 heterocycles. The molecule has 0 bridgehead atoms. The smallest absolute Gasteiger partial charge is 0.255 e. The molecule has 3 aromatic rings. The molecule has 3 amide bonds. The molecule has 33 heavy (non-hydrogen) atoms. The molecular weight excluding hydrogens is 420 g/mol. The zero-order valence-electron chi connectivity index (χ0n) is 18.5. The highest BCUT2D eigenvalue weighted by Gasteiger charge is 2.39. The molecule has 9 heteroatoms. The zero-order chi connectivity index (χ0) is 22.9. The predicted octanol–water partition coefficient (Wildman–Crippen LogP) is 2.13. The predicted molar refractivity (Wildman–Crippen MR) is 119 cm³/mol. The Bertz CT molecular complexity index is 1330. The number of imidazole rings is 1. The minimum Gasteiger partial charge on any atom is -0.330 e. The fraction of sp³-hybridized carbons (Fsp3) is 0.375. The van der Waals surface area contributed by atoms with Crippen molar-refractivity contribution in [1.29, 1.82) is 0 Å². The molecule has 1 saturated carbocycles. The molecule has 9 nitrogen and oxygen atoms in total. The van der Waals surface area contributed by atoms with Gasteiger partial charge < -0.3 is 9.47 Å². The molecule has 1 N–H and O–H groups in total. The van der Waals surface area contributed by atoms with Crippen LogP contribution in [0.5, 0.6) is 0 Å². The Hall–Kier alpha value is -3.75. The van der Waals surface area contributed by atoms with Crippen molar-refractivity contribution >= 4 is 17.7 Å². The molecule has 6 rings (SSSR count). The first kappa shape index (κ1) is 19.9. The van der Waals surface area contributed by atoms with Crippen LogP contribution in [0.15, 0.2) is 30.6 Å². The van der Waals surface area contributed by atoms with Gasteiger partial charge in [-0.1, -0.05) is 6.07 Å². The third-order valence-electron chi connectivity index (χ3n) is 6.85. The third-order valence-corrected chi connectivity index (χ3v) is 6.85. The van der Waals surface area contributed by atoms with Crippen molar-refractivity contribution in [1.82, 2.24) is 29.5 Å². The number of carbonyl (C=O) groups excluding carboxylic acids is 3. The van der Waals surface area contributed by atoms with Crippen LogP contribution in [0.1, 0.15) is 53.3 Å². The van der Waals surface area contributed by atoms with Crippen LogP contribution < -0.4 is 5.32 Å². The first-order valence-corrected chi connectivity index (χ1v) is 11.2. The van der Waals surface area contributed by atoms with Crippen LogP contribution in [0.4, 0.5) is 0 Å². The van der Waals surface area contributed by atoms with Crippen molar-refractivity contribution in [3.8, 4) is 22.5 Å². The minimum atomic E-state index is -0.617. The van der Waals surface area contributed by atoms with Gasteiger partial charge in [0, 0.05) is 55.9 Å². The Morgan fingerprint density at radius 3 is 2.58 bits per heavy atom. The number of carbonyl (C=O) groups is 3. The zero-order valence-corrected chi connectivity index (χ0v) is 18.5. The summed E-state index contributed by atoms with van der Waals surface area (Å²) in [6, 6.07) is 5.16. The average Bonchev–Trinajstić information content (AvgIpc) is 3.33. The van der Waals surface area contributed by atoms with E-state index in [-0.39, 0.29) is 18.2 Å². The molecule has 2 aromatic heterocycles. The molecular formula is C24H24N6O3. The van der Waals surface area contributed by atoms with Crippen molar-refractivity contribution in [2.75, 3.05) is 0 Å². The first-order chi connectivity index (χ1) is 15.9. The number of hydrogen-bond acceptors (Lipinski definition) is 5. The van der Waals surface area contributed by atoms with Crippen LogP contribution in [0.2, 0.25) is 0 Å². The van der Waals surface area contributed by atoms with Crippen molar-refractivity contribution in [2.24, 2.45) is 14.1 Å². The van der Waals surface area contributed by atoms with E-state index in [0.29, 0.717) is 24.4 Å². The van der Waals surface area contributed by atoms with Gasteiger partial charge in [0.15, 0.2) is 0 Å². The van der Waals surface area contributed by atoms with Gasteiger partial charge in [-0.2, -0.15) is 5.10 Å². The van der Waals surface area contributed by atoms with E-state index in [1.807, 2.05) is 44.7 Å². The van der Waals surface area contributed by atoms with E-state index in [2.05, 4.69) is 15.0 Å². The Labute approximate surface area is 190 Å². The summed E-state index contributed by atoms with van der Waals surface area (Å²) >= 11 is 0. The number of amides is 3. The summed E-state index contributed by atoms with van der Waals surface area (Å²) < 4.78 is 3.94. The number of imide groups is 1. The van der Waals surface area contributed by atoms with Gasteiger partial charge in [0.1, 0.15) is 11.9 Å². The normalized spacial score (nSPS) is 20.4. The highest BCUT2D eigenvalue weighted by atomic mass is 16.2. The van der Waals surface area contributed by atoms with Gasteiger partial charge in [-0.15, -0.1) is 0 Å². The second-order valence-electron chi connectivity index (χ2n) is 9.18. The van der Waals surface area contributed by atoms with E-state index < -0.39 is 11.9 Å². The summed E-state index contributed by atoms with van der Waals surface area (Å²) in [6.45, 7) is 0.346. The first-order valence-electron chi connectivity index (χ1n) is 11.2. The highest BCUT2D eigenvalue weighted by molar-refractivity contribution is 6.05. The number of benzene rings is 1. The summed E-state index contributed by atoms with van der Waals surface area (Å²) in [5.41, 5.74) is 5.30. The number of hydrogen-bond donors (Lipinski definition) is 1. The number of piperidine rings is 1. The fourth-order valence-corrected chi connectivity index (χ4v) is 5.02. The highest BCUT2D eigenvalue weighted by Crippen LogP contribution is 2.43. The number of aryl methyl sites for hydroxylation is 1. The quantitative estimate of drug-likeness (QED) is 0.621. The maximum Gasteiger partial charge on any atom is 0.255 e. The largest absolute Gasteiger partial charge is 0.330 e. The van der Waals surface area contributed by atoms with Crippen LogP contribution in [0.3, 0.4) is 0 Å². The second-order valence-corrected chi connectivity index (χ2v) is 9.18. The number of nitrogens with one attached hydrogen (secondary N) is 1. The van der Waals surface area contributed by atoms with E-state index in [1.165, 1.54) is 0 Å². The Balaban J connectivity index is 1.38. The summed E-state index contributed by atoms with van der Waals surface area (Å²) in [4.78, 5) is 43.5. The average molecular weight is 444 g/mol. The SMILES string of the molecule is Cn1cc(-c2c(-c3ccc4c(c3)CN(C3CCC(=O)NC3=O)C4=O)nc(C3CC3)n2C)cn1. The summed E-state index contributed by atoms with van der Waals surface area (Å²) in [5, 5.41) is 6.69. The van der Waals surface area contributed by atoms with E-state index in [1.54, 1.807) is 9.58 Å². The van der Waals surface area contributed by atoms with Gasteiger partial charge in [0.05, 0.1) is 17.6 Å². The van der Waals surface area contributed by atoms with Gasteiger partial charge >= 0.3 is 0 Å². The lowest BCUT2D eigenvalue weighted by molar-refractivity contribution is -0.136. The van der Waals surface area contributed by atoms with Gasteiger partial charge in [-0.25, -0.2) is 4.98 Å². The van der Waals surface area contributed by atoms with Crippen LogP contribution in [-0.2, 0) is 30.2 Å². The van der Waals surface area contributed by atoms with Crippen molar-refractivity contribution in [2.45, 2.75) is 44.2 Å². The lowest BCUT2D eigenvalue weighted by atomic mass is 10.0. The minimum absolute atomic E-state index is 0.168. The van der Waals surface area contributed by atoms with Gasteiger partial charge in [0.2, 0.25) is 11.8 Å². The maximum atomic E-state index is 13.0. The molecule has 0 spiro atoms. The molecule has 1 aromatic carbocycles. The Morgan fingerprint density at radius 2 is 1.88 bits per heavy atom. The monoisotopic (exact) mass is 444 g/mol. The lowest BCUT2D eigenvalue weighted by Crippen LogP contribution is -2.52. The van der Waals surface area contributed by atoms with Crippen molar-refractivity contribution < 1.29 is 14.4 Å². The van der Waals surface area contributed by atoms with Crippen LogP contribution in [0, 0.1) is 0 Å².